The monoisotopic (exact) mass is 430 g/mol. The van der Waals surface area contributed by atoms with Gasteiger partial charge in [0, 0.05) is 37.2 Å². The van der Waals surface area contributed by atoms with E-state index in [2.05, 4.69) is 5.32 Å². The normalized spacial score (nSPS) is 16.3. The molecular formula is C22H20Cl2N2O3. The molecule has 0 atom stereocenters. The zero-order valence-corrected chi connectivity index (χ0v) is 17.2. The first-order chi connectivity index (χ1) is 14.0. The van der Waals surface area contributed by atoms with Crippen LogP contribution in [-0.2, 0) is 16.0 Å². The lowest BCUT2D eigenvalue weighted by molar-refractivity contribution is -0.132. The first kappa shape index (κ1) is 19.8. The van der Waals surface area contributed by atoms with E-state index in [0.717, 1.165) is 29.0 Å². The van der Waals surface area contributed by atoms with Crippen LogP contribution in [0, 0.1) is 5.92 Å². The number of carbonyl (C=O) groups is 2. The van der Waals surface area contributed by atoms with Gasteiger partial charge in [0.2, 0.25) is 11.8 Å². The molecular weight excluding hydrogens is 411 g/mol. The molecule has 0 aromatic heterocycles. The van der Waals surface area contributed by atoms with E-state index < -0.39 is 0 Å². The van der Waals surface area contributed by atoms with E-state index in [4.69, 9.17) is 27.9 Å². The molecule has 150 valence electrons. The standard InChI is InChI=1S/C22H20Cl2N2O3/c23-18-5-1-14(9-19(18)24)2-8-22(28)26-11-15(12-26)13-29-17-4-6-20-16(10-17)3-7-21(27)25-20/h1-2,4-6,8-10,15H,3,7,11-13H2,(H,25,27). The van der Waals surface area contributed by atoms with Gasteiger partial charge in [-0.3, -0.25) is 9.59 Å². The van der Waals surface area contributed by atoms with Gasteiger partial charge < -0.3 is 15.0 Å². The van der Waals surface area contributed by atoms with Crippen molar-refractivity contribution in [2.75, 3.05) is 25.0 Å². The minimum absolute atomic E-state index is 0.0307. The van der Waals surface area contributed by atoms with Crippen LogP contribution in [0.3, 0.4) is 0 Å². The number of amides is 2. The topological polar surface area (TPSA) is 58.6 Å². The molecule has 2 aliphatic rings. The molecule has 0 aliphatic carbocycles. The second kappa shape index (κ2) is 8.47. The third-order valence-electron chi connectivity index (χ3n) is 5.09. The van der Waals surface area contributed by atoms with Gasteiger partial charge in [-0.15, -0.1) is 0 Å². The molecule has 0 bridgehead atoms. The predicted octanol–water partition coefficient (Wildman–Crippen LogP) is 4.43. The summed E-state index contributed by atoms with van der Waals surface area (Å²) in [7, 11) is 0. The molecule has 0 unspecified atom stereocenters. The highest BCUT2D eigenvalue weighted by Gasteiger charge is 2.30. The molecule has 2 aliphatic heterocycles. The Morgan fingerprint density at radius 2 is 1.97 bits per heavy atom. The Morgan fingerprint density at radius 3 is 2.76 bits per heavy atom. The van der Waals surface area contributed by atoms with Crippen LogP contribution in [0.5, 0.6) is 5.75 Å². The quantitative estimate of drug-likeness (QED) is 0.713. The Kier molecular flexibility index (Phi) is 5.79. The van der Waals surface area contributed by atoms with E-state index in [1.165, 1.54) is 0 Å². The smallest absolute Gasteiger partial charge is 0.246 e. The maximum absolute atomic E-state index is 12.3. The summed E-state index contributed by atoms with van der Waals surface area (Å²) in [6, 6.07) is 11.0. The van der Waals surface area contributed by atoms with Crippen molar-refractivity contribution in [3.63, 3.8) is 0 Å². The van der Waals surface area contributed by atoms with E-state index in [1.54, 1.807) is 29.2 Å². The average Bonchev–Trinajstić information content (AvgIpc) is 2.67. The summed E-state index contributed by atoms with van der Waals surface area (Å²) in [5.74, 6) is 1.13. The van der Waals surface area contributed by atoms with Crippen molar-refractivity contribution in [1.82, 2.24) is 4.90 Å². The molecule has 1 saturated heterocycles. The average molecular weight is 431 g/mol. The van der Waals surface area contributed by atoms with Gasteiger partial charge in [-0.1, -0.05) is 29.3 Å². The summed E-state index contributed by atoms with van der Waals surface area (Å²) in [5.41, 5.74) is 2.79. The highest BCUT2D eigenvalue weighted by Crippen LogP contribution is 2.28. The van der Waals surface area contributed by atoms with Crippen molar-refractivity contribution in [2.45, 2.75) is 12.8 Å². The summed E-state index contributed by atoms with van der Waals surface area (Å²) < 4.78 is 5.89. The van der Waals surface area contributed by atoms with E-state index in [0.29, 0.717) is 42.1 Å². The number of benzene rings is 2. The molecule has 2 aromatic carbocycles. The van der Waals surface area contributed by atoms with E-state index in [-0.39, 0.29) is 11.8 Å². The number of halogens is 2. The number of carbonyl (C=O) groups excluding carboxylic acids is 2. The van der Waals surface area contributed by atoms with Crippen LogP contribution in [0.4, 0.5) is 5.69 Å². The Bertz CT molecular complexity index is 984. The number of hydrogen-bond donors (Lipinski definition) is 1. The zero-order chi connectivity index (χ0) is 20.4. The number of nitrogens with one attached hydrogen (secondary N) is 1. The Labute approximate surface area is 179 Å². The fourth-order valence-electron chi connectivity index (χ4n) is 3.41. The highest BCUT2D eigenvalue weighted by molar-refractivity contribution is 6.42. The van der Waals surface area contributed by atoms with Gasteiger partial charge in [-0.2, -0.15) is 0 Å². The SMILES string of the molecule is O=C1CCc2cc(OCC3CN(C(=O)C=Cc4ccc(Cl)c(Cl)c4)C3)ccc2N1. The molecule has 29 heavy (non-hydrogen) atoms. The molecule has 0 saturated carbocycles. The van der Waals surface area contributed by atoms with Gasteiger partial charge in [0.05, 0.1) is 16.7 Å². The predicted molar refractivity (Wildman–Crippen MR) is 114 cm³/mol. The van der Waals surface area contributed by atoms with Crippen LogP contribution < -0.4 is 10.1 Å². The summed E-state index contributed by atoms with van der Waals surface area (Å²) >= 11 is 11.9. The largest absolute Gasteiger partial charge is 0.493 e. The van der Waals surface area contributed by atoms with Crippen LogP contribution in [0.2, 0.25) is 10.0 Å². The van der Waals surface area contributed by atoms with Gasteiger partial charge in [-0.05, 0) is 54.0 Å². The summed E-state index contributed by atoms with van der Waals surface area (Å²) in [6.07, 6.45) is 4.52. The van der Waals surface area contributed by atoms with Crippen molar-refractivity contribution in [2.24, 2.45) is 5.92 Å². The minimum Gasteiger partial charge on any atom is -0.493 e. The van der Waals surface area contributed by atoms with Crippen molar-refractivity contribution < 1.29 is 14.3 Å². The number of ether oxygens (including phenoxy) is 1. The molecule has 2 heterocycles. The Balaban J connectivity index is 1.24. The van der Waals surface area contributed by atoms with Crippen molar-refractivity contribution in [3.05, 3.63) is 63.6 Å². The number of fused-ring (bicyclic) bond motifs is 1. The third kappa shape index (κ3) is 4.74. The minimum atomic E-state index is -0.0307. The Hall–Kier alpha value is -2.50. The van der Waals surface area contributed by atoms with Gasteiger partial charge in [-0.25, -0.2) is 0 Å². The third-order valence-corrected chi connectivity index (χ3v) is 5.83. The van der Waals surface area contributed by atoms with Crippen LogP contribution in [0.15, 0.2) is 42.5 Å². The molecule has 2 aromatic rings. The van der Waals surface area contributed by atoms with Crippen molar-refractivity contribution in [3.8, 4) is 5.75 Å². The highest BCUT2D eigenvalue weighted by atomic mass is 35.5. The molecule has 1 fully saturated rings. The van der Waals surface area contributed by atoms with Gasteiger partial charge in [0.25, 0.3) is 0 Å². The molecule has 1 N–H and O–H groups in total. The molecule has 2 amide bonds. The number of hydrogen-bond acceptors (Lipinski definition) is 3. The van der Waals surface area contributed by atoms with Crippen molar-refractivity contribution >= 4 is 46.8 Å². The summed E-state index contributed by atoms with van der Waals surface area (Å²) in [5, 5.41) is 3.82. The van der Waals surface area contributed by atoms with Crippen LogP contribution in [0.1, 0.15) is 17.5 Å². The van der Waals surface area contributed by atoms with Gasteiger partial charge in [0.1, 0.15) is 5.75 Å². The molecule has 7 heteroatoms. The fraction of sp³-hybridized carbons (Fsp3) is 0.273. The van der Waals surface area contributed by atoms with Crippen LogP contribution in [0.25, 0.3) is 6.08 Å². The van der Waals surface area contributed by atoms with Crippen LogP contribution in [-0.4, -0.2) is 36.4 Å². The Morgan fingerprint density at radius 1 is 1.14 bits per heavy atom. The first-order valence-corrected chi connectivity index (χ1v) is 10.2. The van der Waals surface area contributed by atoms with E-state index >= 15 is 0 Å². The number of nitrogens with zero attached hydrogens (tertiary/aromatic N) is 1. The van der Waals surface area contributed by atoms with E-state index in [1.807, 2.05) is 24.3 Å². The molecule has 4 rings (SSSR count). The summed E-state index contributed by atoms with van der Waals surface area (Å²) in [4.78, 5) is 25.5. The number of rotatable bonds is 5. The maximum Gasteiger partial charge on any atom is 0.246 e. The lowest BCUT2D eigenvalue weighted by Gasteiger charge is -2.38. The molecule has 5 nitrogen and oxygen atoms in total. The molecule has 0 spiro atoms. The van der Waals surface area contributed by atoms with Crippen LogP contribution >= 0.6 is 23.2 Å². The van der Waals surface area contributed by atoms with Crippen molar-refractivity contribution in [1.29, 1.82) is 0 Å². The second-order valence-electron chi connectivity index (χ2n) is 7.29. The lowest BCUT2D eigenvalue weighted by atomic mass is 10.0. The second-order valence-corrected chi connectivity index (χ2v) is 8.11. The van der Waals surface area contributed by atoms with E-state index in [9.17, 15) is 9.59 Å². The maximum atomic E-state index is 12.3. The summed E-state index contributed by atoms with van der Waals surface area (Å²) in [6.45, 7) is 1.91. The van der Waals surface area contributed by atoms with Gasteiger partial charge >= 0.3 is 0 Å². The molecule has 0 radical (unpaired) electrons. The first-order valence-electron chi connectivity index (χ1n) is 9.45. The number of anilines is 1. The number of likely N-dealkylation sites (tertiary alicyclic amines) is 1. The fourth-order valence-corrected chi connectivity index (χ4v) is 3.71. The lowest BCUT2D eigenvalue weighted by Crippen LogP contribution is -2.51. The zero-order valence-electron chi connectivity index (χ0n) is 15.7. The van der Waals surface area contributed by atoms with Gasteiger partial charge in [0.15, 0.2) is 0 Å². The number of aryl methyl sites for hydroxylation is 1.